The minimum atomic E-state index is -0.0249. The maximum atomic E-state index is 5.83. The van der Waals surface area contributed by atoms with E-state index in [-0.39, 0.29) is 6.04 Å². The van der Waals surface area contributed by atoms with Crippen LogP contribution in [0, 0.1) is 6.92 Å². The van der Waals surface area contributed by atoms with Crippen LogP contribution in [0.2, 0.25) is 0 Å². The molecular weight excluding hydrogens is 234 g/mol. The van der Waals surface area contributed by atoms with Gasteiger partial charge in [0.25, 0.3) is 0 Å². The molecular formula is C16H21N3. The molecule has 1 unspecified atom stereocenters. The fourth-order valence-corrected chi connectivity index (χ4v) is 2.14. The Labute approximate surface area is 115 Å². The Kier molecular flexibility index (Phi) is 4.17. The smallest absolute Gasteiger partial charge is 0.0597 e. The summed E-state index contributed by atoms with van der Waals surface area (Å²) in [7, 11) is 0. The SMILES string of the molecule is CCN(c1ccc(C(C)N)nc1)c1cccc(C)c1. The van der Waals surface area contributed by atoms with Gasteiger partial charge in [0.05, 0.1) is 17.6 Å². The lowest BCUT2D eigenvalue weighted by Crippen LogP contribution is -2.17. The van der Waals surface area contributed by atoms with Crippen LogP contribution < -0.4 is 10.6 Å². The number of aryl methyl sites for hydroxylation is 1. The zero-order valence-electron chi connectivity index (χ0n) is 11.8. The number of benzene rings is 1. The molecule has 2 N–H and O–H groups in total. The van der Waals surface area contributed by atoms with Crippen molar-refractivity contribution in [1.29, 1.82) is 0 Å². The van der Waals surface area contributed by atoms with Crippen LogP contribution in [0.25, 0.3) is 0 Å². The van der Waals surface area contributed by atoms with Gasteiger partial charge in [0.1, 0.15) is 0 Å². The molecule has 0 bridgehead atoms. The second-order valence-corrected chi connectivity index (χ2v) is 4.81. The highest BCUT2D eigenvalue weighted by Crippen LogP contribution is 2.25. The quantitative estimate of drug-likeness (QED) is 0.908. The molecule has 0 spiro atoms. The molecule has 3 heteroatoms. The summed E-state index contributed by atoms with van der Waals surface area (Å²) in [4.78, 5) is 6.67. The Balaban J connectivity index is 2.31. The molecule has 0 saturated carbocycles. The van der Waals surface area contributed by atoms with E-state index in [1.54, 1.807) is 0 Å². The summed E-state index contributed by atoms with van der Waals surface area (Å²) in [6.07, 6.45) is 1.89. The highest BCUT2D eigenvalue weighted by molar-refractivity contribution is 5.63. The number of hydrogen-bond acceptors (Lipinski definition) is 3. The first-order valence-electron chi connectivity index (χ1n) is 6.67. The van der Waals surface area contributed by atoms with Gasteiger partial charge in [-0.3, -0.25) is 4.98 Å². The van der Waals surface area contributed by atoms with E-state index in [0.717, 1.165) is 17.9 Å². The fraction of sp³-hybridized carbons (Fsp3) is 0.312. The van der Waals surface area contributed by atoms with Gasteiger partial charge in [0, 0.05) is 18.3 Å². The molecule has 0 radical (unpaired) electrons. The maximum Gasteiger partial charge on any atom is 0.0597 e. The second-order valence-electron chi connectivity index (χ2n) is 4.81. The van der Waals surface area contributed by atoms with Crippen molar-refractivity contribution in [2.75, 3.05) is 11.4 Å². The number of pyridine rings is 1. The fourth-order valence-electron chi connectivity index (χ4n) is 2.14. The van der Waals surface area contributed by atoms with Gasteiger partial charge in [-0.1, -0.05) is 12.1 Å². The van der Waals surface area contributed by atoms with Crippen molar-refractivity contribution in [1.82, 2.24) is 4.98 Å². The molecule has 3 nitrogen and oxygen atoms in total. The van der Waals surface area contributed by atoms with E-state index in [2.05, 4.69) is 54.1 Å². The lowest BCUT2D eigenvalue weighted by Gasteiger charge is -2.23. The molecule has 0 fully saturated rings. The number of nitrogens with zero attached hydrogens (tertiary/aromatic N) is 2. The molecule has 100 valence electrons. The average Bonchev–Trinajstić information content (AvgIpc) is 2.40. The Morgan fingerprint density at radius 1 is 1.21 bits per heavy atom. The number of hydrogen-bond donors (Lipinski definition) is 1. The van der Waals surface area contributed by atoms with Gasteiger partial charge in [-0.05, 0) is 50.6 Å². The third kappa shape index (κ3) is 3.12. The molecule has 1 atom stereocenters. The van der Waals surface area contributed by atoms with Crippen molar-refractivity contribution in [3.05, 3.63) is 53.9 Å². The number of nitrogens with two attached hydrogens (primary N) is 1. The molecule has 1 aromatic carbocycles. The van der Waals surface area contributed by atoms with E-state index in [9.17, 15) is 0 Å². The molecule has 0 aliphatic rings. The topological polar surface area (TPSA) is 42.1 Å². The first-order chi connectivity index (χ1) is 9.11. The van der Waals surface area contributed by atoms with Crippen LogP contribution in [0.5, 0.6) is 0 Å². The zero-order chi connectivity index (χ0) is 13.8. The van der Waals surface area contributed by atoms with Gasteiger partial charge in [0.2, 0.25) is 0 Å². The van der Waals surface area contributed by atoms with Crippen molar-refractivity contribution in [2.24, 2.45) is 5.73 Å². The van der Waals surface area contributed by atoms with Crippen molar-refractivity contribution >= 4 is 11.4 Å². The van der Waals surface area contributed by atoms with Crippen molar-refractivity contribution < 1.29 is 0 Å². The van der Waals surface area contributed by atoms with E-state index >= 15 is 0 Å². The second kappa shape index (κ2) is 5.85. The van der Waals surface area contributed by atoms with E-state index in [0.29, 0.717) is 0 Å². The summed E-state index contributed by atoms with van der Waals surface area (Å²) >= 11 is 0. The Hall–Kier alpha value is -1.87. The number of anilines is 2. The standard InChI is InChI=1S/C16H21N3/c1-4-19(14-7-5-6-12(2)10-14)15-8-9-16(13(3)17)18-11-15/h5-11,13H,4,17H2,1-3H3. The van der Waals surface area contributed by atoms with Gasteiger partial charge in [-0.2, -0.15) is 0 Å². The molecule has 2 rings (SSSR count). The van der Waals surface area contributed by atoms with Gasteiger partial charge < -0.3 is 10.6 Å². The summed E-state index contributed by atoms with van der Waals surface area (Å²) in [6.45, 7) is 7.10. The maximum absolute atomic E-state index is 5.83. The van der Waals surface area contributed by atoms with Gasteiger partial charge in [-0.25, -0.2) is 0 Å². The van der Waals surface area contributed by atoms with Crippen molar-refractivity contribution in [3.8, 4) is 0 Å². The molecule has 0 aliphatic carbocycles. The number of rotatable bonds is 4. The molecule has 0 saturated heterocycles. The Morgan fingerprint density at radius 2 is 2.00 bits per heavy atom. The van der Waals surface area contributed by atoms with E-state index < -0.39 is 0 Å². The van der Waals surface area contributed by atoms with E-state index in [4.69, 9.17) is 5.73 Å². The predicted molar refractivity (Wildman–Crippen MR) is 80.7 cm³/mol. The van der Waals surface area contributed by atoms with Gasteiger partial charge >= 0.3 is 0 Å². The van der Waals surface area contributed by atoms with Crippen LogP contribution in [0.1, 0.15) is 31.1 Å². The highest BCUT2D eigenvalue weighted by Gasteiger charge is 2.08. The zero-order valence-corrected chi connectivity index (χ0v) is 11.8. The monoisotopic (exact) mass is 255 g/mol. The largest absolute Gasteiger partial charge is 0.341 e. The Bertz CT molecular complexity index is 532. The lowest BCUT2D eigenvalue weighted by atomic mass is 10.2. The molecule has 19 heavy (non-hydrogen) atoms. The minimum absolute atomic E-state index is 0.0249. The molecule has 0 amide bonds. The Morgan fingerprint density at radius 3 is 2.53 bits per heavy atom. The molecule has 0 aliphatic heterocycles. The van der Waals surface area contributed by atoms with Crippen LogP contribution in [0.3, 0.4) is 0 Å². The summed E-state index contributed by atoms with van der Waals surface area (Å²) < 4.78 is 0. The summed E-state index contributed by atoms with van der Waals surface area (Å²) in [5.41, 5.74) is 10.3. The van der Waals surface area contributed by atoms with Crippen molar-refractivity contribution in [3.63, 3.8) is 0 Å². The first-order valence-corrected chi connectivity index (χ1v) is 6.67. The summed E-state index contributed by atoms with van der Waals surface area (Å²) in [5.74, 6) is 0. The van der Waals surface area contributed by atoms with Crippen LogP contribution >= 0.6 is 0 Å². The van der Waals surface area contributed by atoms with Crippen LogP contribution in [-0.2, 0) is 0 Å². The predicted octanol–water partition coefficient (Wildman–Crippen LogP) is 3.57. The highest BCUT2D eigenvalue weighted by atomic mass is 15.1. The van der Waals surface area contributed by atoms with E-state index in [1.807, 2.05) is 19.2 Å². The molecule has 1 aromatic heterocycles. The molecule has 1 heterocycles. The van der Waals surface area contributed by atoms with Gasteiger partial charge in [-0.15, -0.1) is 0 Å². The molecule has 2 aromatic rings. The van der Waals surface area contributed by atoms with Crippen LogP contribution in [-0.4, -0.2) is 11.5 Å². The third-order valence-corrected chi connectivity index (χ3v) is 3.18. The normalized spacial score (nSPS) is 12.2. The van der Waals surface area contributed by atoms with Crippen molar-refractivity contribution in [2.45, 2.75) is 26.8 Å². The lowest BCUT2D eigenvalue weighted by molar-refractivity contribution is 0.780. The summed E-state index contributed by atoms with van der Waals surface area (Å²) in [5, 5.41) is 0. The summed E-state index contributed by atoms with van der Waals surface area (Å²) in [6, 6.07) is 12.5. The van der Waals surface area contributed by atoms with Crippen LogP contribution in [0.4, 0.5) is 11.4 Å². The minimum Gasteiger partial charge on any atom is -0.341 e. The van der Waals surface area contributed by atoms with Crippen LogP contribution in [0.15, 0.2) is 42.6 Å². The first kappa shape index (κ1) is 13.6. The number of aromatic nitrogens is 1. The van der Waals surface area contributed by atoms with Gasteiger partial charge in [0.15, 0.2) is 0 Å². The average molecular weight is 255 g/mol. The van der Waals surface area contributed by atoms with E-state index in [1.165, 1.54) is 11.3 Å². The third-order valence-electron chi connectivity index (χ3n) is 3.18.